The van der Waals surface area contributed by atoms with Crippen LogP contribution in [0.1, 0.15) is 23.7 Å². The van der Waals surface area contributed by atoms with E-state index in [9.17, 15) is 4.79 Å². The third-order valence-electron chi connectivity index (χ3n) is 2.84. The van der Waals surface area contributed by atoms with Gasteiger partial charge in [0.15, 0.2) is 0 Å². The highest BCUT2D eigenvalue weighted by Crippen LogP contribution is 2.34. The molecular formula is C14H13BrN2O3. The molecule has 2 aromatic rings. The van der Waals surface area contributed by atoms with Crippen LogP contribution in [-0.2, 0) is 4.79 Å². The summed E-state index contributed by atoms with van der Waals surface area (Å²) in [5.41, 5.74) is 0.746. The first-order valence-electron chi connectivity index (χ1n) is 5.94. The summed E-state index contributed by atoms with van der Waals surface area (Å²) in [5, 5.41) is 9.13. The number of ether oxygens (including phenoxy) is 1. The molecule has 0 radical (unpaired) electrons. The largest absolute Gasteiger partial charge is 0.496 e. The van der Waals surface area contributed by atoms with E-state index in [0.717, 1.165) is 10.0 Å². The summed E-state index contributed by atoms with van der Waals surface area (Å²) in [6, 6.07) is 7.16. The molecule has 2 rings (SSSR count). The molecule has 0 aliphatic carbocycles. The van der Waals surface area contributed by atoms with Crippen LogP contribution in [0, 0.1) is 0 Å². The van der Waals surface area contributed by atoms with Crippen LogP contribution in [0.4, 0.5) is 0 Å². The van der Waals surface area contributed by atoms with Gasteiger partial charge in [-0.25, -0.2) is 9.97 Å². The van der Waals surface area contributed by atoms with Gasteiger partial charge in [0.2, 0.25) is 0 Å². The Morgan fingerprint density at radius 2 is 2.10 bits per heavy atom. The Balaban J connectivity index is 2.51. The van der Waals surface area contributed by atoms with Crippen molar-refractivity contribution < 1.29 is 14.6 Å². The molecule has 1 atom stereocenters. The Hall–Kier alpha value is -1.95. The third-order valence-corrected chi connectivity index (χ3v) is 3.34. The molecule has 0 saturated heterocycles. The lowest BCUT2D eigenvalue weighted by atomic mass is 9.94. The number of aromatic nitrogens is 2. The highest BCUT2D eigenvalue weighted by atomic mass is 79.9. The van der Waals surface area contributed by atoms with E-state index < -0.39 is 11.9 Å². The van der Waals surface area contributed by atoms with Crippen molar-refractivity contribution >= 4 is 21.9 Å². The Bertz CT molecular complexity index is 605. The minimum atomic E-state index is -0.913. The van der Waals surface area contributed by atoms with Gasteiger partial charge in [0.05, 0.1) is 19.4 Å². The van der Waals surface area contributed by atoms with Crippen LogP contribution in [0.5, 0.6) is 5.75 Å². The van der Waals surface area contributed by atoms with Crippen LogP contribution >= 0.6 is 15.9 Å². The number of carbonyl (C=O) groups is 1. The highest BCUT2D eigenvalue weighted by Gasteiger charge is 2.24. The number of methoxy groups -OCH3 is 1. The molecule has 0 fully saturated rings. The molecule has 1 aromatic carbocycles. The second kappa shape index (κ2) is 6.47. The number of hydrogen-bond acceptors (Lipinski definition) is 4. The number of rotatable bonds is 5. The van der Waals surface area contributed by atoms with Crippen molar-refractivity contribution in [1.29, 1.82) is 0 Å². The van der Waals surface area contributed by atoms with Gasteiger partial charge in [0.25, 0.3) is 0 Å². The minimum absolute atomic E-state index is 0.100. The Morgan fingerprint density at radius 3 is 2.70 bits per heavy atom. The molecule has 6 heteroatoms. The van der Waals surface area contributed by atoms with Crippen LogP contribution in [0.2, 0.25) is 0 Å². The summed E-state index contributed by atoms with van der Waals surface area (Å²) >= 11 is 3.39. The van der Waals surface area contributed by atoms with Gasteiger partial charge in [0, 0.05) is 22.4 Å². The van der Waals surface area contributed by atoms with E-state index in [1.165, 1.54) is 0 Å². The number of carboxylic acid groups (broad SMARTS) is 1. The molecule has 0 bridgehead atoms. The average molecular weight is 337 g/mol. The highest BCUT2D eigenvalue weighted by molar-refractivity contribution is 9.10. The van der Waals surface area contributed by atoms with Gasteiger partial charge >= 0.3 is 5.97 Å². The Morgan fingerprint density at radius 1 is 1.40 bits per heavy atom. The maximum absolute atomic E-state index is 11.1. The quantitative estimate of drug-likeness (QED) is 0.908. The van der Waals surface area contributed by atoms with Crippen molar-refractivity contribution in [2.45, 2.75) is 12.3 Å². The second-order valence-electron chi connectivity index (χ2n) is 4.14. The fourth-order valence-corrected chi connectivity index (χ4v) is 2.36. The normalized spacial score (nSPS) is 11.9. The second-order valence-corrected chi connectivity index (χ2v) is 5.06. The maximum Gasteiger partial charge on any atom is 0.304 e. The Labute approximate surface area is 124 Å². The lowest BCUT2D eigenvalue weighted by Crippen LogP contribution is -2.12. The molecule has 0 amide bonds. The minimum Gasteiger partial charge on any atom is -0.496 e. The van der Waals surface area contributed by atoms with Crippen molar-refractivity contribution in [3.8, 4) is 5.75 Å². The summed E-state index contributed by atoms with van der Waals surface area (Å²) in [6.45, 7) is 0. The van der Waals surface area contributed by atoms with Gasteiger partial charge in [-0.2, -0.15) is 0 Å². The van der Waals surface area contributed by atoms with Crippen molar-refractivity contribution in [3.63, 3.8) is 0 Å². The summed E-state index contributed by atoms with van der Waals surface area (Å²) in [5.74, 6) is -0.288. The zero-order valence-corrected chi connectivity index (χ0v) is 12.4. The third kappa shape index (κ3) is 3.33. The van der Waals surface area contributed by atoms with Crippen molar-refractivity contribution in [2.75, 3.05) is 7.11 Å². The molecule has 0 saturated carbocycles. The lowest BCUT2D eigenvalue weighted by molar-refractivity contribution is -0.137. The van der Waals surface area contributed by atoms with E-state index in [1.54, 1.807) is 31.6 Å². The number of nitrogens with zero attached hydrogens (tertiary/aromatic N) is 2. The van der Waals surface area contributed by atoms with Crippen LogP contribution in [0.15, 0.2) is 41.1 Å². The fraction of sp³-hybridized carbons (Fsp3) is 0.214. The number of hydrogen-bond donors (Lipinski definition) is 1. The van der Waals surface area contributed by atoms with Crippen LogP contribution in [0.3, 0.4) is 0 Å². The molecule has 0 aliphatic rings. The first-order chi connectivity index (χ1) is 9.61. The zero-order valence-electron chi connectivity index (χ0n) is 10.8. The molecule has 5 nitrogen and oxygen atoms in total. The van der Waals surface area contributed by atoms with E-state index >= 15 is 0 Å². The molecule has 0 spiro atoms. The molecule has 104 valence electrons. The van der Waals surface area contributed by atoms with Crippen molar-refractivity contribution in [2.24, 2.45) is 0 Å². The maximum atomic E-state index is 11.1. The summed E-state index contributed by atoms with van der Waals surface area (Å²) in [6.07, 6.45) is 3.10. The number of carboxylic acids is 1. The molecular weight excluding hydrogens is 324 g/mol. The fourth-order valence-electron chi connectivity index (χ4n) is 1.98. The number of benzene rings is 1. The average Bonchev–Trinajstić information content (AvgIpc) is 2.45. The van der Waals surface area contributed by atoms with E-state index in [1.807, 2.05) is 12.1 Å². The predicted octanol–water partition coefficient (Wildman–Crippen LogP) is 2.85. The van der Waals surface area contributed by atoms with Crippen LogP contribution in [-0.4, -0.2) is 28.2 Å². The standard InChI is InChI=1S/C14H13BrN2O3/c1-20-12-4-3-9(15)7-10(12)11(8-13(18)19)14-16-5-2-6-17-14/h2-7,11H,8H2,1H3,(H,18,19). The zero-order chi connectivity index (χ0) is 14.5. The van der Waals surface area contributed by atoms with Gasteiger partial charge in [-0.3, -0.25) is 4.79 Å². The molecule has 1 unspecified atom stereocenters. The summed E-state index contributed by atoms with van der Waals surface area (Å²) in [4.78, 5) is 19.5. The van der Waals surface area contributed by atoms with Crippen LogP contribution in [0.25, 0.3) is 0 Å². The van der Waals surface area contributed by atoms with E-state index in [0.29, 0.717) is 11.6 Å². The first-order valence-corrected chi connectivity index (χ1v) is 6.73. The van der Waals surface area contributed by atoms with Crippen molar-refractivity contribution in [3.05, 3.63) is 52.5 Å². The molecule has 20 heavy (non-hydrogen) atoms. The van der Waals surface area contributed by atoms with Gasteiger partial charge in [-0.05, 0) is 24.3 Å². The van der Waals surface area contributed by atoms with E-state index in [2.05, 4.69) is 25.9 Å². The molecule has 1 N–H and O–H groups in total. The molecule has 0 aliphatic heterocycles. The van der Waals surface area contributed by atoms with Crippen LogP contribution < -0.4 is 4.74 Å². The summed E-state index contributed by atoms with van der Waals surface area (Å²) < 4.78 is 6.16. The van der Waals surface area contributed by atoms with Gasteiger partial charge in [-0.15, -0.1) is 0 Å². The molecule has 1 aromatic heterocycles. The smallest absolute Gasteiger partial charge is 0.304 e. The van der Waals surface area contributed by atoms with E-state index in [-0.39, 0.29) is 6.42 Å². The molecule has 1 heterocycles. The van der Waals surface area contributed by atoms with Crippen molar-refractivity contribution in [1.82, 2.24) is 9.97 Å². The van der Waals surface area contributed by atoms with E-state index in [4.69, 9.17) is 9.84 Å². The topological polar surface area (TPSA) is 72.3 Å². The number of aliphatic carboxylic acids is 1. The van der Waals surface area contributed by atoms with Gasteiger partial charge in [-0.1, -0.05) is 15.9 Å². The first kappa shape index (κ1) is 14.5. The number of halogens is 1. The van der Waals surface area contributed by atoms with Gasteiger partial charge < -0.3 is 9.84 Å². The monoisotopic (exact) mass is 336 g/mol. The predicted molar refractivity (Wildman–Crippen MR) is 76.8 cm³/mol. The Kier molecular flexibility index (Phi) is 4.68. The SMILES string of the molecule is COc1ccc(Br)cc1C(CC(=O)O)c1ncccn1. The van der Waals surface area contributed by atoms with Gasteiger partial charge in [0.1, 0.15) is 11.6 Å². The summed E-state index contributed by atoms with van der Waals surface area (Å²) in [7, 11) is 1.55. The lowest BCUT2D eigenvalue weighted by Gasteiger charge is -2.17.